The highest BCUT2D eigenvalue weighted by Crippen LogP contribution is 2.20. The van der Waals surface area contributed by atoms with Gasteiger partial charge in [0.25, 0.3) is 0 Å². The molecule has 0 spiro atoms. The minimum atomic E-state index is -3.11. The number of hydrogen-bond acceptors (Lipinski definition) is 4. The van der Waals surface area contributed by atoms with Crippen LogP contribution in [0.1, 0.15) is 31.7 Å². The molecule has 1 aromatic carbocycles. The number of piperidine rings is 1. The van der Waals surface area contributed by atoms with Gasteiger partial charge in [0.1, 0.15) is 5.75 Å². The lowest BCUT2D eigenvalue weighted by atomic mass is 9.98. The third kappa shape index (κ3) is 5.59. The summed E-state index contributed by atoms with van der Waals surface area (Å²) >= 11 is 0. The second-order valence-electron chi connectivity index (χ2n) is 6.08. The summed E-state index contributed by atoms with van der Waals surface area (Å²) in [7, 11) is -3.11. The molecule has 0 unspecified atom stereocenters. The van der Waals surface area contributed by atoms with Gasteiger partial charge >= 0.3 is 0 Å². The molecule has 0 aromatic heterocycles. The van der Waals surface area contributed by atoms with Gasteiger partial charge in [-0.25, -0.2) is 13.1 Å². The van der Waals surface area contributed by atoms with E-state index in [2.05, 4.69) is 9.62 Å². The van der Waals surface area contributed by atoms with Gasteiger partial charge in [-0.2, -0.15) is 0 Å². The van der Waals surface area contributed by atoms with Crippen molar-refractivity contribution in [3.05, 3.63) is 29.8 Å². The average molecular weight is 326 g/mol. The highest BCUT2D eigenvalue weighted by molar-refractivity contribution is 7.89. The number of benzene rings is 1. The first kappa shape index (κ1) is 17.2. The van der Waals surface area contributed by atoms with Crippen LogP contribution in [0.25, 0.3) is 0 Å². The first-order valence-corrected chi connectivity index (χ1v) is 9.61. The molecule has 1 heterocycles. The number of rotatable bonds is 7. The Balaban J connectivity index is 1.84. The van der Waals surface area contributed by atoms with Crippen molar-refractivity contribution in [1.29, 1.82) is 0 Å². The van der Waals surface area contributed by atoms with Gasteiger partial charge in [0.2, 0.25) is 10.0 Å². The van der Waals surface area contributed by atoms with E-state index in [1.807, 2.05) is 19.1 Å². The number of phenols is 1. The van der Waals surface area contributed by atoms with Crippen LogP contribution in [0.15, 0.2) is 24.3 Å². The summed E-state index contributed by atoms with van der Waals surface area (Å²) in [5.41, 5.74) is 1.09. The largest absolute Gasteiger partial charge is 0.508 e. The molecule has 1 saturated heterocycles. The molecule has 0 aliphatic carbocycles. The average Bonchev–Trinajstić information content (AvgIpc) is 2.46. The molecule has 1 aliphatic rings. The van der Waals surface area contributed by atoms with Crippen LogP contribution in [0.4, 0.5) is 0 Å². The normalized spacial score (nSPS) is 20.1. The molecule has 2 N–H and O–H groups in total. The monoisotopic (exact) mass is 326 g/mol. The Morgan fingerprint density at radius 2 is 2.23 bits per heavy atom. The van der Waals surface area contributed by atoms with Crippen molar-refractivity contribution in [2.75, 3.05) is 25.4 Å². The summed E-state index contributed by atoms with van der Waals surface area (Å²) in [4.78, 5) is 2.33. The lowest BCUT2D eigenvalue weighted by molar-refractivity contribution is 0.168. The van der Waals surface area contributed by atoms with E-state index in [-0.39, 0.29) is 5.75 Å². The van der Waals surface area contributed by atoms with E-state index in [4.69, 9.17) is 0 Å². The molecule has 22 heavy (non-hydrogen) atoms. The lowest BCUT2D eigenvalue weighted by Gasteiger charge is -2.32. The standard InChI is InChI=1S/C16H26N2O3S/c1-2-9-22(20,21)17-11-15-6-4-8-18(13-15)12-14-5-3-7-16(19)10-14/h3,5,7,10,15,17,19H,2,4,6,8-9,11-13H2,1H3/t15-/m1/s1. The summed E-state index contributed by atoms with van der Waals surface area (Å²) in [6.45, 7) is 5.11. The third-order valence-corrected chi connectivity index (χ3v) is 5.54. The van der Waals surface area contributed by atoms with Crippen molar-refractivity contribution in [2.45, 2.75) is 32.7 Å². The van der Waals surface area contributed by atoms with E-state index in [0.717, 1.165) is 38.0 Å². The van der Waals surface area contributed by atoms with Crippen molar-refractivity contribution in [2.24, 2.45) is 5.92 Å². The van der Waals surface area contributed by atoms with Gasteiger partial charge in [-0.3, -0.25) is 4.90 Å². The number of likely N-dealkylation sites (tertiary alicyclic amines) is 1. The van der Waals surface area contributed by atoms with Crippen molar-refractivity contribution in [1.82, 2.24) is 9.62 Å². The fraction of sp³-hybridized carbons (Fsp3) is 0.625. The van der Waals surface area contributed by atoms with Crippen LogP contribution in [-0.2, 0) is 16.6 Å². The Morgan fingerprint density at radius 3 is 2.95 bits per heavy atom. The molecule has 6 heteroatoms. The molecule has 0 radical (unpaired) electrons. The maximum atomic E-state index is 11.7. The molecular formula is C16H26N2O3S. The smallest absolute Gasteiger partial charge is 0.211 e. The van der Waals surface area contributed by atoms with Gasteiger partial charge in [-0.05, 0) is 49.4 Å². The topological polar surface area (TPSA) is 69.6 Å². The van der Waals surface area contributed by atoms with Gasteiger partial charge in [-0.15, -0.1) is 0 Å². The summed E-state index contributed by atoms with van der Waals surface area (Å²) < 4.78 is 26.2. The number of nitrogens with one attached hydrogen (secondary N) is 1. The summed E-state index contributed by atoms with van der Waals surface area (Å²) in [5, 5.41) is 9.52. The van der Waals surface area contributed by atoms with Crippen LogP contribution < -0.4 is 4.72 Å². The van der Waals surface area contributed by atoms with Crippen LogP contribution in [-0.4, -0.2) is 43.8 Å². The highest BCUT2D eigenvalue weighted by atomic mass is 32.2. The van der Waals surface area contributed by atoms with Crippen LogP contribution >= 0.6 is 0 Å². The lowest BCUT2D eigenvalue weighted by Crippen LogP contribution is -2.41. The fourth-order valence-corrected chi connectivity index (χ4v) is 4.13. The predicted molar refractivity (Wildman–Crippen MR) is 88.2 cm³/mol. The minimum Gasteiger partial charge on any atom is -0.508 e. The van der Waals surface area contributed by atoms with E-state index < -0.39 is 10.0 Å². The van der Waals surface area contributed by atoms with Crippen molar-refractivity contribution >= 4 is 10.0 Å². The van der Waals surface area contributed by atoms with Gasteiger partial charge in [0.05, 0.1) is 5.75 Å². The van der Waals surface area contributed by atoms with E-state index in [9.17, 15) is 13.5 Å². The Morgan fingerprint density at radius 1 is 1.41 bits per heavy atom. The molecule has 0 saturated carbocycles. The van der Waals surface area contributed by atoms with Crippen molar-refractivity contribution in [3.8, 4) is 5.75 Å². The first-order chi connectivity index (χ1) is 10.5. The van der Waals surface area contributed by atoms with Gasteiger partial charge < -0.3 is 5.11 Å². The number of aromatic hydroxyl groups is 1. The number of nitrogens with zero attached hydrogens (tertiary/aromatic N) is 1. The summed E-state index contributed by atoms with van der Waals surface area (Å²) in [6.07, 6.45) is 2.79. The fourth-order valence-electron chi connectivity index (χ4n) is 2.96. The van der Waals surface area contributed by atoms with Gasteiger partial charge in [-0.1, -0.05) is 19.1 Å². The third-order valence-electron chi connectivity index (χ3n) is 3.98. The van der Waals surface area contributed by atoms with Crippen molar-refractivity contribution < 1.29 is 13.5 Å². The summed E-state index contributed by atoms with van der Waals surface area (Å²) in [5.74, 6) is 0.850. The molecule has 0 bridgehead atoms. The molecule has 1 fully saturated rings. The highest BCUT2D eigenvalue weighted by Gasteiger charge is 2.21. The van der Waals surface area contributed by atoms with Crippen LogP contribution in [0.5, 0.6) is 5.75 Å². The molecule has 1 aromatic rings. The molecule has 5 nitrogen and oxygen atoms in total. The second kappa shape index (κ2) is 7.94. The molecule has 1 aliphatic heterocycles. The first-order valence-electron chi connectivity index (χ1n) is 7.96. The quantitative estimate of drug-likeness (QED) is 0.803. The SMILES string of the molecule is CCCS(=O)(=O)NC[C@H]1CCCN(Cc2cccc(O)c2)C1. The van der Waals surface area contributed by atoms with E-state index in [1.165, 1.54) is 0 Å². The molecular weight excluding hydrogens is 300 g/mol. The van der Waals surface area contributed by atoms with Gasteiger partial charge in [0.15, 0.2) is 0 Å². The van der Waals surface area contributed by atoms with Crippen LogP contribution in [0, 0.1) is 5.92 Å². The number of phenolic OH excluding ortho intramolecular Hbond substituents is 1. The molecule has 0 amide bonds. The molecule has 2 rings (SSSR count). The van der Waals surface area contributed by atoms with E-state index in [0.29, 0.717) is 24.6 Å². The van der Waals surface area contributed by atoms with Gasteiger partial charge in [0, 0.05) is 19.6 Å². The Labute approximate surface area is 133 Å². The maximum Gasteiger partial charge on any atom is 0.211 e. The van der Waals surface area contributed by atoms with E-state index in [1.54, 1.807) is 12.1 Å². The Hall–Kier alpha value is -1.11. The number of sulfonamides is 1. The zero-order chi connectivity index (χ0) is 16.0. The zero-order valence-electron chi connectivity index (χ0n) is 13.2. The molecule has 1 atom stereocenters. The second-order valence-corrected chi connectivity index (χ2v) is 8.01. The maximum absolute atomic E-state index is 11.7. The number of hydrogen-bond donors (Lipinski definition) is 2. The zero-order valence-corrected chi connectivity index (χ0v) is 14.0. The Bertz CT molecular complexity index is 575. The van der Waals surface area contributed by atoms with Crippen LogP contribution in [0.3, 0.4) is 0 Å². The molecule has 124 valence electrons. The summed E-state index contributed by atoms with van der Waals surface area (Å²) in [6, 6.07) is 7.32. The Kier molecular flexibility index (Phi) is 6.23. The van der Waals surface area contributed by atoms with E-state index >= 15 is 0 Å². The van der Waals surface area contributed by atoms with Crippen LogP contribution in [0.2, 0.25) is 0 Å². The minimum absolute atomic E-state index is 0.201. The van der Waals surface area contributed by atoms with Crippen molar-refractivity contribution in [3.63, 3.8) is 0 Å². The predicted octanol–water partition coefficient (Wildman–Crippen LogP) is 1.93.